The van der Waals surface area contributed by atoms with Gasteiger partial charge in [-0.3, -0.25) is 0 Å². The number of halogens is 1. The molecule has 17 heavy (non-hydrogen) atoms. The maximum Gasteiger partial charge on any atom is 0.225 e. The van der Waals surface area contributed by atoms with Crippen LogP contribution in [0, 0.1) is 6.92 Å². The van der Waals surface area contributed by atoms with Crippen LogP contribution in [0.3, 0.4) is 0 Å². The highest BCUT2D eigenvalue weighted by atomic mass is 79.9. The number of H-pyrrole nitrogens is 1. The molecule has 0 aliphatic carbocycles. The van der Waals surface area contributed by atoms with Gasteiger partial charge < -0.3 is 16.5 Å². The lowest BCUT2D eigenvalue weighted by molar-refractivity contribution is 0.831. The van der Waals surface area contributed by atoms with Gasteiger partial charge in [0.1, 0.15) is 11.6 Å². The van der Waals surface area contributed by atoms with E-state index in [0.717, 1.165) is 17.9 Å². The molecule has 92 valence electrons. The number of rotatable bonds is 3. The highest BCUT2D eigenvalue weighted by Crippen LogP contribution is 2.04. The van der Waals surface area contributed by atoms with E-state index in [-0.39, 0.29) is 28.9 Å². The molecule has 0 aliphatic heterocycles. The number of aromatic nitrogens is 5. The molecule has 0 bridgehead atoms. The third-order valence-electron chi connectivity index (χ3n) is 2.09. The zero-order valence-electron chi connectivity index (χ0n) is 9.34. The first-order valence-corrected chi connectivity index (χ1v) is 4.90. The normalized spacial score (nSPS) is 9.94. The van der Waals surface area contributed by atoms with Gasteiger partial charge >= 0.3 is 0 Å². The average molecular weight is 300 g/mol. The van der Waals surface area contributed by atoms with Crippen molar-refractivity contribution in [3.8, 4) is 0 Å². The van der Waals surface area contributed by atoms with Gasteiger partial charge in [-0.2, -0.15) is 15.0 Å². The number of hydrogen-bond donors (Lipinski definition) is 3. The topological polar surface area (TPSA) is 119 Å². The Bertz CT molecular complexity index is 476. The summed E-state index contributed by atoms with van der Waals surface area (Å²) >= 11 is 0. The molecule has 7 nitrogen and oxygen atoms in total. The van der Waals surface area contributed by atoms with Gasteiger partial charge in [-0.15, -0.1) is 17.0 Å². The van der Waals surface area contributed by atoms with Gasteiger partial charge in [-0.25, -0.2) is 4.98 Å². The van der Waals surface area contributed by atoms with Gasteiger partial charge in [0, 0.05) is 18.3 Å². The summed E-state index contributed by atoms with van der Waals surface area (Å²) in [6.07, 6.45) is 3.21. The largest absolute Gasteiger partial charge is 0.368 e. The molecule has 0 amide bonds. The lowest BCUT2D eigenvalue weighted by Crippen LogP contribution is -2.07. The number of hydrogen-bond acceptors (Lipinski definition) is 6. The first-order chi connectivity index (χ1) is 7.63. The second kappa shape index (κ2) is 5.58. The zero-order chi connectivity index (χ0) is 11.5. The van der Waals surface area contributed by atoms with Gasteiger partial charge in [0.2, 0.25) is 11.9 Å². The van der Waals surface area contributed by atoms with Crippen molar-refractivity contribution in [3.05, 3.63) is 23.5 Å². The molecule has 0 atom stereocenters. The van der Waals surface area contributed by atoms with Crippen molar-refractivity contribution in [2.75, 3.05) is 11.5 Å². The van der Waals surface area contributed by atoms with Crippen molar-refractivity contribution in [2.24, 2.45) is 0 Å². The van der Waals surface area contributed by atoms with E-state index in [9.17, 15) is 0 Å². The third kappa shape index (κ3) is 3.66. The SMILES string of the molecule is Br.Cc1ncc(CCc2nc(N)nc(N)n2)[nH]1. The summed E-state index contributed by atoms with van der Waals surface area (Å²) in [6.45, 7) is 1.91. The first-order valence-electron chi connectivity index (χ1n) is 4.90. The summed E-state index contributed by atoms with van der Waals surface area (Å²) in [4.78, 5) is 18.9. The molecule has 2 aromatic heterocycles. The van der Waals surface area contributed by atoms with Crippen molar-refractivity contribution in [2.45, 2.75) is 19.8 Å². The fourth-order valence-corrected chi connectivity index (χ4v) is 1.41. The molecule has 0 saturated carbocycles. The van der Waals surface area contributed by atoms with E-state index in [1.54, 1.807) is 6.20 Å². The van der Waals surface area contributed by atoms with E-state index in [1.807, 2.05) is 6.92 Å². The lowest BCUT2D eigenvalue weighted by atomic mass is 10.2. The fraction of sp³-hybridized carbons (Fsp3) is 0.333. The maximum atomic E-state index is 5.47. The van der Waals surface area contributed by atoms with Crippen molar-refractivity contribution in [3.63, 3.8) is 0 Å². The van der Waals surface area contributed by atoms with E-state index >= 15 is 0 Å². The van der Waals surface area contributed by atoms with Crippen LogP contribution in [0.15, 0.2) is 6.20 Å². The second-order valence-corrected chi connectivity index (χ2v) is 3.46. The van der Waals surface area contributed by atoms with Crippen molar-refractivity contribution in [1.29, 1.82) is 0 Å². The van der Waals surface area contributed by atoms with Crippen LogP contribution >= 0.6 is 17.0 Å². The second-order valence-electron chi connectivity index (χ2n) is 3.46. The predicted octanol–water partition coefficient (Wildman–Crippen LogP) is 0.431. The standard InChI is InChI=1S/C9H13N7.BrH/c1-5-12-4-6(13-5)2-3-7-14-8(10)16-9(11)15-7;/h4H,2-3H2,1H3,(H,12,13)(H4,10,11,14,15,16);1H. The van der Waals surface area contributed by atoms with Gasteiger partial charge in [0.05, 0.1) is 0 Å². The average Bonchev–Trinajstić information content (AvgIpc) is 2.60. The van der Waals surface area contributed by atoms with Gasteiger partial charge in [0.15, 0.2) is 0 Å². The fourth-order valence-electron chi connectivity index (χ4n) is 1.41. The summed E-state index contributed by atoms with van der Waals surface area (Å²) in [5, 5.41) is 0. The van der Waals surface area contributed by atoms with Crippen LogP contribution in [0.5, 0.6) is 0 Å². The smallest absolute Gasteiger partial charge is 0.225 e. The summed E-state index contributed by atoms with van der Waals surface area (Å²) in [5.41, 5.74) is 12.0. The molecule has 2 rings (SSSR count). The quantitative estimate of drug-likeness (QED) is 0.756. The van der Waals surface area contributed by atoms with Crippen LogP contribution in [0.1, 0.15) is 17.3 Å². The van der Waals surface area contributed by atoms with E-state index in [1.165, 1.54) is 0 Å². The van der Waals surface area contributed by atoms with Crippen LogP contribution in [0.25, 0.3) is 0 Å². The molecule has 0 radical (unpaired) electrons. The highest BCUT2D eigenvalue weighted by Gasteiger charge is 2.03. The lowest BCUT2D eigenvalue weighted by Gasteiger charge is -2.00. The number of nitrogens with zero attached hydrogens (tertiary/aromatic N) is 4. The van der Waals surface area contributed by atoms with Crippen molar-refractivity contribution >= 4 is 28.9 Å². The Morgan fingerprint density at radius 1 is 1.12 bits per heavy atom. The number of aromatic amines is 1. The monoisotopic (exact) mass is 299 g/mol. The molecule has 0 aliphatic rings. The number of anilines is 2. The number of imidazole rings is 1. The molecule has 2 aromatic rings. The Morgan fingerprint density at radius 3 is 2.29 bits per heavy atom. The molecule has 2 heterocycles. The van der Waals surface area contributed by atoms with Crippen LogP contribution < -0.4 is 11.5 Å². The van der Waals surface area contributed by atoms with Gasteiger partial charge in [0.25, 0.3) is 0 Å². The summed E-state index contributed by atoms with van der Waals surface area (Å²) in [6, 6.07) is 0. The number of nitrogens with one attached hydrogen (secondary N) is 1. The van der Waals surface area contributed by atoms with Crippen molar-refractivity contribution < 1.29 is 0 Å². The molecule has 0 spiro atoms. The molecule has 0 aromatic carbocycles. The van der Waals surface area contributed by atoms with Crippen LogP contribution in [-0.4, -0.2) is 24.9 Å². The van der Waals surface area contributed by atoms with Gasteiger partial charge in [-0.1, -0.05) is 0 Å². The number of aryl methyl sites for hydroxylation is 3. The summed E-state index contributed by atoms with van der Waals surface area (Å²) in [7, 11) is 0. The van der Waals surface area contributed by atoms with Crippen LogP contribution in [-0.2, 0) is 12.8 Å². The Balaban J connectivity index is 0.00000144. The minimum absolute atomic E-state index is 0. The van der Waals surface area contributed by atoms with E-state index in [0.29, 0.717) is 12.2 Å². The van der Waals surface area contributed by atoms with Gasteiger partial charge in [-0.05, 0) is 13.3 Å². The molecule has 0 unspecified atom stereocenters. The Kier molecular flexibility index (Phi) is 4.38. The molecule has 0 saturated heterocycles. The highest BCUT2D eigenvalue weighted by molar-refractivity contribution is 8.93. The molecule has 5 N–H and O–H groups in total. The molecule has 8 heteroatoms. The Hall–Kier alpha value is -1.70. The number of nitrogens with two attached hydrogens (primary N) is 2. The zero-order valence-corrected chi connectivity index (χ0v) is 11.1. The maximum absolute atomic E-state index is 5.47. The summed E-state index contributed by atoms with van der Waals surface area (Å²) < 4.78 is 0. The van der Waals surface area contributed by atoms with Crippen LogP contribution in [0.4, 0.5) is 11.9 Å². The van der Waals surface area contributed by atoms with Crippen molar-refractivity contribution in [1.82, 2.24) is 24.9 Å². The van der Waals surface area contributed by atoms with E-state index in [4.69, 9.17) is 11.5 Å². The van der Waals surface area contributed by atoms with Crippen LogP contribution in [0.2, 0.25) is 0 Å². The number of nitrogen functional groups attached to an aromatic ring is 2. The van der Waals surface area contributed by atoms with E-state index in [2.05, 4.69) is 24.9 Å². The predicted molar refractivity (Wildman–Crippen MR) is 69.7 cm³/mol. The Labute approximate surface area is 109 Å². The molecule has 0 fully saturated rings. The first kappa shape index (κ1) is 13.4. The minimum atomic E-state index is 0. The third-order valence-corrected chi connectivity index (χ3v) is 2.09. The Morgan fingerprint density at radius 2 is 1.76 bits per heavy atom. The minimum Gasteiger partial charge on any atom is -0.368 e. The summed E-state index contributed by atoms with van der Waals surface area (Å²) in [5.74, 6) is 1.80. The van der Waals surface area contributed by atoms with E-state index < -0.39 is 0 Å². The molecular formula is C9H14BrN7. The molecular weight excluding hydrogens is 286 g/mol.